The average molecular weight is 999 g/mol. The normalized spacial score (nSPS) is 52.8. The Kier molecular flexibility index (Phi) is 20.1. The maximum atomic E-state index is 11.6. The van der Waals surface area contributed by atoms with Crippen molar-refractivity contribution in [3.05, 3.63) is 0 Å². The Bertz CT molecular complexity index is 1520. The van der Waals surface area contributed by atoms with E-state index in [1.807, 2.05) is 0 Å². The molecule has 0 aromatic carbocycles. The van der Waals surface area contributed by atoms with Crippen LogP contribution in [0.3, 0.4) is 0 Å². The first kappa shape index (κ1) is 56.2. The molecule has 18 N–H and O–H groups in total. The molecule has 6 rings (SSSR count). The van der Waals surface area contributed by atoms with Gasteiger partial charge >= 0.3 is 0 Å². The van der Waals surface area contributed by atoms with Gasteiger partial charge in [-0.05, 0) is 18.8 Å². The van der Waals surface area contributed by atoms with E-state index in [-0.39, 0.29) is 6.42 Å². The van der Waals surface area contributed by atoms with E-state index in [0.29, 0.717) is 0 Å². The molecular weight excluding hydrogens is 928 g/mol. The number of aliphatic hydroxyl groups is 18. The third-order valence-electron chi connectivity index (χ3n) is 13.9. The Balaban J connectivity index is 1.18. The molecule has 28 nitrogen and oxygen atoms in total. The van der Waals surface area contributed by atoms with Crippen molar-refractivity contribution in [2.24, 2.45) is 17.8 Å². The number of rotatable bonds is 17. The average Bonchev–Trinajstić information content (AvgIpc) is 3.33. The quantitative estimate of drug-likeness (QED) is 0.0643. The molecule has 28 heteroatoms. The molecule has 0 aromatic heterocycles. The van der Waals surface area contributed by atoms with Gasteiger partial charge in [-0.3, -0.25) is 0 Å². The zero-order valence-corrected chi connectivity index (χ0v) is 37.1. The highest BCUT2D eigenvalue weighted by atomic mass is 16.7. The smallest absolute Gasteiger partial charge is 0.187 e. The van der Waals surface area contributed by atoms with Crippen molar-refractivity contribution in [2.45, 2.75) is 185 Å². The Labute approximate surface area is 388 Å². The molecule has 68 heavy (non-hydrogen) atoms. The van der Waals surface area contributed by atoms with Crippen molar-refractivity contribution >= 4 is 0 Å². The van der Waals surface area contributed by atoms with Crippen molar-refractivity contribution in [1.82, 2.24) is 0 Å². The van der Waals surface area contributed by atoms with E-state index < -0.39 is 229 Å². The summed E-state index contributed by atoms with van der Waals surface area (Å²) in [5.74, 6) is -2.65. The van der Waals surface area contributed by atoms with Crippen molar-refractivity contribution in [2.75, 3.05) is 46.8 Å². The summed E-state index contributed by atoms with van der Waals surface area (Å²) in [4.78, 5) is 0. The summed E-state index contributed by atoms with van der Waals surface area (Å²) >= 11 is 0. The second kappa shape index (κ2) is 24.3. The predicted octanol–water partition coefficient (Wildman–Crippen LogP) is -10.8. The van der Waals surface area contributed by atoms with Crippen LogP contribution < -0.4 is 0 Å². The summed E-state index contributed by atoms with van der Waals surface area (Å²) in [5.41, 5.74) is 0. The van der Waals surface area contributed by atoms with E-state index in [1.165, 1.54) is 7.11 Å². The van der Waals surface area contributed by atoms with E-state index in [2.05, 4.69) is 0 Å². The van der Waals surface area contributed by atoms with Crippen LogP contribution in [0.4, 0.5) is 0 Å². The van der Waals surface area contributed by atoms with Gasteiger partial charge in [-0.2, -0.15) is 0 Å². The molecule has 0 bridgehead atoms. The fourth-order valence-electron chi connectivity index (χ4n) is 9.82. The summed E-state index contributed by atoms with van der Waals surface area (Å²) < 4.78 is 57.0. The van der Waals surface area contributed by atoms with Gasteiger partial charge in [0.15, 0.2) is 25.2 Å². The van der Waals surface area contributed by atoms with Gasteiger partial charge in [0, 0.05) is 18.9 Å². The summed E-state index contributed by atoms with van der Waals surface area (Å²) in [6.45, 7) is -2.56. The summed E-state index contributed by atoms with van der Waals surface area (Å²) in [7, 11) is 1.20. The topological polar surface area (TPSA) is 456 Å². The lowest BCUT2D eigenvalue weighted by Crippen LogP contribution is -2.66. The minimum Gasteiger partial charge on any atom is -0.394 e. The Morgan fingerprint density at radius 1 is 0.368 bits per heavy atom. The second-order valence-corrected chi connectivity index (χ2v) is 18.4. The Morgan fingerprint density at radius 3 is 1.18 bits per heavy atom. The summed E-state index contributed by atoms with van der Waals surface area (Å²) in [5, 5.41) is 192. The lowest BCUT2D eigenvalue weighted by atomic mass is 9.76. The molecule has 0 spiro atoms. The first-order valence-corrected chi connectivity index (χ1v) is 22.5. The zero-order chi connectivity index (χ0) is 50.0. The molecule has 4 aliphatic heterocycles. The molecule has 4 heterocycles. The molecule has 4 saturated heterocycles. The lowest BCUT2D eigenvalue weighted by Gasteiger charge is -2.50. The van der Waals surface area contributed by atoms with Crippen molar-refractivity contribution < 1.29 is 139 Å². The third kappa shape index (κ3) is 11.6. The van der Waals surface area contributed by atoms with Crippen molar-refractivity contribution in [3.8, 4) is 0 Å². The summed E-state index contributed by atoms with van der Waals surface area (Å²) in [6.07, 6.45) is -45.5. The molecule has 2 saturated carbocycles. The van der Waals surface area contributed by atoms with Gasteiger partial charge in [0.05, 0.1) is 64.1 Å². The fourth-order valence-corrected chi connectivity index (χ4v) is 9.82. The van der Waals surface area contributed by atoms with Crippen LogP contribution in [0.5, 0.6) is 0 Å². The van der Waals surface area contributed by atoms with Gasteiger partial charge in [0.2, 0.25) is 0 Å². The van der Waals surface area contributed by atoms with Gasteiger partial charge in [0.25, 0.3) is 0 Å². The number of methoxy groups -OCH3 is 1. The van der Waals surface area contributed by atoms with E-state index in [4.69, 9.17) is 47.4 Å². The van der Waals surface area contributed by atoms with Gasteiger partial charge in [-0.15, -0.1) is 0 Å². The maximum Gasteiger partial charge on any atom is 0.187 e. The van der Waals surface area contributed by atoms with Gasteiger partial charge in [-0.1, -0.05) is 6.92 Å². The highest BCUT2D eigenvalue weighted by Gasteiger charge is 2.56. The highest BCUT2D eigenvalue weighted by molar-refractivity contribution is 5.01. The van der Waals surface area contributed by atoms with Crippen molar-refractivity contribution in [1.29, 1.82) is 0 Å². The maximum absolute atomic E-state index is 11.6. The Morgan fingerprint density at radius 2 is 0.735 bits per heavy atom. The molecule has 6 fully saturated rings. The number of hydrogen-bond acceptors (Lipinski definition) is 28. The van der Waals surface area contributed by atoms with Crippen LogP contribution in [0.1, 0.15) is 19.8 Å². The minimum absolute atomic E-state index is 0.0941. The lowest BCUT2D eigenvalue weighted by molar-refractivity contribution is -0.353. The molecule has 12 unspecified atom stereocenters. The van der Waals surface area contributed by atoms with Crippen LogP contribution in [-0.2, 0) is 47.4 Å². The van der Waals surface area contributed by atoms with Crippen LogP contribution in [0, 0.1) is 17.8 Å². The minimum atomic E-state index is -2.04. The first-order valence-electron chi connectivity index (χ1n) is 22.5. The van der Waals surface area contributed by atoms with E-state index in [9.17, 15) is 91.9 Å². The predicted molar refractivity (Wildman–Crippen MR) is 214 cm³/mol. The molecule has 30 atom stereocenters. The van der Waals surface area contributed by atoms with E-state index >= 15 is 0 Å². The van der Waals surface area contributed by atoms with Crippen LogP contribution >= 0.6 is 0 Å². The molecule has 6 aliphatic rings. The van der Waals surface area contributed by atoms with Crippen LogP contribution in [0.2, 0.25) is 0 Å². The number of aliphatic hydroxyl groups excluding tert-OH is 18. The number of ether oxygens (including phenoxy) is 10. The second-order valence-electron chi connectivity index (χ2n) is 18.4. The first-order chi connectivity index (χ1) is 32.2. The molecule has 398 valence electrons. The zero-order valence-electron chi connectivity index (χ0n) is 37.1. The van der Waals surface area contributed by atoms with E-state index in [1.54, 1.807) is 6.92 Å². The molecule has 2 aliphatic carbocycles. The molecular formula is C40H70O28. The van der Waals surface area contributed by atoms with Crippen LogP contribution in [0.15, 0.2) is 0 Å². The third-order valence-corrected chi connectivity index (χ3v) is 13.9. The molecule has 0 amide bonds. The van der Waals surface area contributed by atoms with Crippen LogP contribution in [0.25, 0.3) is 0 Å². The SMILES string of the molecule is CO[C@@H]1C(CO)O[C@@H](O[C@H]2C(O)C(O)[C@H](O[C@@H]3C(CO)O[C@@H](O[C@H]4C(O)C(O)[C@H](C)C[C@H]4CO[C@@H]4O[C@@H](CO)[C@H](O)C(O)C4O)C(O)[C@@H]3O)C[C@H]2CO[C@@H]2O[C@@H](CO)[C@H](O)C(O)C2O)C(O)[C@@H]1O. The monoisotopic (exact) mass is 998 g/mol. The van der Waals surface area contributed by atoms with E-state index in [0.717, 1.165) is 0 Å². The summed E-state index contributed by atoms with van der Waals surface area (Å²) in [6, 6.07) is 0. The molecule has 0 radical (unpaired) electrons. The van der Waals surface area contributed by atoms with Gasteiger partial charge < -0.3 is 139 Å². The van der Waals surface area contributed by atoms with Gasteiger partial charge in [-0.25, -0.2) is 0 Å². The highest BCUT2D eigenvalue weighted by Crippen LogP contribution is 2.39. The number of hydrogen-bond donors (Lipinski definition) is 18. The van der Waals surface area contributed by atoms with Crippen LogP contribution in [-0.4, -0.2) is 304 Å². The fraction of sp³-hybridized carbons (Fsp3) is 1.00. The Hall–Kier alpha value is -1.12. The largest absolute Gasteiger partial charge is 0.394 e. The van der Waals surface area contributed by atoms with Gasteiger partial charge in [0.1, 0.15) is 116 Å². The molecule has 0 aromatic rings. The standard InChI is InChI=1S/C40H70O28/c1-11-3-12(9-60-37-29(55)23(49)21(47)15(5-41)63-37)33(25(51)19(11)45)67-40-32(58)28(54)36(18(8-44)66-40)62-14-4-13(10-61-38-30(56)24(50)22(48)16(6-42)64-38)34(26(52)20(14)46)68-39-31(57)27(53)35(59-2)17(7-43)65-39/h11-58H,3-10H2,1-2H3/t11-,12+,13+,14-,15+,16+,17?,18?,19?,20?,21+,22+,23?,24?,25?,26?,27+,28+,29?,30?,31?,32?,33-,34-,35-,36-,37-,38-,39+,40+/m1/s1. The van der Waals surface area contributed by atoms with Crippen molar-refractivity contribution in [3.63, 3.8) is 0 Å².